The molecule has 0 radical (unpaired) electrons. The molecule has 0 aromatic heterocycles. The maximum Gasteiger partial charge on any atom is -0.00497 e. The summed E-state index contributed by atoms with van der Waals surface area (Å²) < 4.78 is 0. The first-order chi connectivity index (χ1) is 6.23. The molecule has 0 aliphatic heterocycles. The highest BCUT2D eigenvalue weighted by atomic mass is 14.4. The van der Waals surface area contributed by atoms with Gasteiger partial charge in [-0.25, -0.2) is 0 Å². The Morgan fingerprint density at radius 2 is 1.92 bits per heavy atom. The van der Waals surface area contributed by atoms with E-state index in [2.05, 4.69) is 44.2 Å². The van der Waals surface area contributed by atoms with E-state index in [-0.39, 0.29) is 0 Å². The van der Waals surface area contributed by atoms with Gasteiger partial charge < -0.3 is 0 Å². The van der Waals surface area contributed by atoms with E-state index >= 15 is 0 Å². The Bertz CT molecular complexity index is 275. The van der Waals surface area contributed by atoms with Gasteiger partial charge in [-0.05, 0) is 29.7 Å². The highest BCUT2D eigenvalue weighted by Gasteiger charge is 2.36. The molecule has 0 bridgehead atoms. The minimum atomic E-state index is 0.446. The van der Waals surface area contributed by atoms with Crippen molar-refractivity contribution < 1.29 is 0 Å². The van der Waals surface area contributed by atoms with Gasteiger partial charge in [-0.2, -0.15) is 0 Å². The van der Waals surface area contributed by atoms with Gasteiger partial charge in [-0.1, -0.05) is 50.6 Å². The SMILES string of the molecule is C[C@H]1CCC[C@]1(C)c1ccccc1. The van der Waals surface area contributed by atoms with Crippen molar-refractivity contribution in [3.05, 3.63) is 35.9 Å². The highest BCUT2D eigenvalue weighted by molar-refractivity contribution is 5.26. The number of hydrogen-bond acceptors (Lipinski definition) is 0. The zero-order valence-electron chi connectivity index (χ0n) is 8.59. The van der Waals surface area contributed by atoms with Crippen molar-refractivity contribution >= 4 is 0 Å². The summed E-state index contributed by atoms with van der Waals surface area (Å²) in [6.07, 6.45) is 4.15. The molecule has 0 nitrogen and oxygen atoms in total. The summed E-state index contributed by atoms with van der Waals surface area (Å²) in [6.45, 7) is 4.81. The Labute approximate surface area is 81.0 Å². The van der Waals surface area contributed by atoms with E-state index < -0.39 is 0 Å². The van der Waals surface area contributed by atoms with Gasteiger partial charge in [0, 0.05) is 0 Å². The maximum absolute atomic E-state index is 2.42. The first-order valence-corrected chi connectivity index (χ1v) is 5.29. The van der Waals surface area contributed by atoms with Gasteiger partial charge >= 0.3 is 0 Å². The van der Waals surface area contributed by atoms with Crippen LogP contribution in [0.25, 0.3) is 0 Å². The van der Waals surface area contributed by atoms with Gasteiger partial charge in [0.1, 0.15) is 0 Å². The zero-order chi connectivity index (χ0) is 9.31. The molecule has 2 atom stereocenters. The fourth-order valence-electron chi connectivity index (χ4n) is 2.59. The predicted molar refractivity (Wildman–Crippen MR) is 56.8 cm³/mol. The fourth-order valence-corrected chi connectivity index (χ4v) is 2.59. The zero-order valence-corrected chi connectivity index (χ0v) is 8.59. The smallest absolute Gasteiger partial charge is 0.00497 e. The van der Waals surface area contributed by atoms with Crippen LogP contribution in [0.1, 0.15) is 38.7 Å². The van der Waals surface area contributed by atoms with E-state index in [1.165, 1.54) is 24.8 Å². The molecule has 2 rings (SSSR count). The molecule has 1 aliphatic rings. The molecular formula is C13H18. The second-order valence-corrected chi connectivity index (χ2v) is 4.58. The molecule has 0 N–H and O–H groups in total. The van der Waals surface area contributed by atoms with Crippen LogP contribution >= 0.6 is 0 Å². The summed E-state index contributed by atoms with van der Waals surface area (Å²) in [5.41, 5.74) is 1.97. The Kier molecular flexibility index (Phi) is 2.15. The third kappa shape index (κ3) is 1.39. The van der Waals surface area contributed by atoms with Gasteiger partial charge in [0.2, 0.25) is 0 Å². The Balaban J connectivity index is 2.34. The van der Waals surface area contributed by atoms with Gasteiger partial charge in [0.15, 0.2) is 0 Å². The topological polar surface area (TPSA) is 0 Å². The molecule has 0 saturated heterocycles. The second-order valence-electron chi connectivity index (χ2n) is 4.58. The van der Waals surface area contributed by atoms with Crippen LogP contribution in [-0.2, 0) is 5.41 Å². The molecule has 0 amide bonds. The molecule has 1 aromatic carbocycles. The monoisotopic (exact) mass is 174 g/mol. The lowest BCUT2D eigenvalue weighted by Gasteiger charge is -2.29. The summed E-state index contributed by atoms with van der Waals surface area (Å²) in [5, 5.41) is 0. The van der Waals surface area contributed by atoms with E-state index in [9.17, 15) is 0 Å². The van der Waals surface area contributed by atoms with Crippen molar-refractivity contribution in [3.8, 4) is 0 Å². The summed E-state index contributed by atoms with van der Waals surface area (Å²) in [4.78, 5) is 0. The van der Waals surface area contributed by atoms with Crippen LogP contribution < -0.4 is 0 Å². The van der Waals surface area contributed by atoms with E-state index in [0.717, 1.165) is 5.92 Å². The lowest BCUT2D eigenvalue weighted by molar-refractivity contribution is 0.371. The van der Waals surface area contributed by atoms with Crippen molar-refractivity contribution in [2.45, 2.75) is 38.5 Å². The van der Waals surface area contributed by atoms with E-state index in [1.807, 2.05) is 0 Å². The average molecular weight is 174 g/mol. The van der Waals surface area contributed by atoms with E-state index in [1.54, 1.807) is 0 Å². The molecule has 0 heteroatoms. The largest absolute Gasteiger partial charge is 0.0622 e. The van der Waals surface area contributed by atoms with E-state index in [4.69, 9.17) is 0 Å². The molecule has 0 heterocycles. The number of hydrogen-bond donors (Lipinski definition) is 0. The first-order valence-electron chi connectivity index (χ1n) is 5.29. The number of rotatable bonds is 1. The standard InChI is InChI=1S/C13H18/c1-11-7-6-10-13(11,2)12-8-4-3-5-9-12/h3-5,8-9,11H,6-7,10H2,1-2H3/t11-,13-/m0/s1. The third-order valence-corrected chi connectivity index (χ3v) is 3.85. The summed E-state index contributed by atoms with van der Waals surface area (Å²) in [5.74, 6) is 0.842. The molecule has 1 aliphatic carbocycles. The summed E-state index contributed by atoms with van der Waals surface area (Å²) in [7, 11) is 0. The average Bonchev–Trinajstić information content (AvgIpc) is 2.50. The quantitative estimate of drug-likeness (QED) is 0.608. The van der Waals surface area contributed by atoms with Gasteiger partial charge in [-0.15, -0.1) is 0 Å². The van der Waals surface area contributed by atoms with Crippen LogP contribution in [0.3, 0.4) is 0 Å². The van der Waals surface area contributed by atoms with Crippen LogP contribution in [0, 0.1) is 5.92 Å². The van der Waals surface area contributed by atoms with Crippen molar-refractivity contribution in [1.82, 2.24) is 0 Å². The van der Waals surface area contributed by atoms with Crippen LogP contribution in [0.2, 0.25) is 0 Å². The van der Waals surface area contributed by atoms with Crippen LogP contribution in [0.15, 0.2) is 30.3 Å². The molecule has 1 aromatic rings. The Hall–Kier alpha value is -0.780. The lowest BCUT2D eigenvalue weighted by atomic mass is 9.75. The van der Waals surface area contributed by atoms with Crippen LogP contribution in [0.4, 0.5) is 0 Å². The molecule has 1 fully saturated rings. The molecular weight excluding hydrogens is 156 g/mol. The molecule has 0 unspecified atom stereocenters. The third-order valence-electron chi connectivity index (χ3n) is 3.85. The Morgan fingerprint density at radius 3 is 2.46 bits per heavy atom. The van der Waals surface area contributed by atoms with Crippen molar-refractivity contribution in [2.24, 2.45) is 5.92 Å². The summed E-state index contributed by atoms with van der Waals surface area (Å²) >= 11 is 0. The molecule has 70 valence electrons. The molecule has 0 spiro atoms. The van der Waals surface area contributed by atoms with Crippen LogP contribution in [-0.4, -0.2) is 0 Å². The van der Waals surface area contributed by atoms with Crippen molar-refractivity contribution in [1.29, 1.82) is 0 Å². The molecule has 13 heavy (non-hydrogen) atoms. The van der Waals surface area contributed by atoms with Crippen molar-refractivity contribution in [3.63, 3.8) is 0 Å². The van der Waals surface area contributed by atoms with Gasteiger partial charge in [-0.3, -0.25) is 0 Å². The fraction of sp³-hybridized carbons (Fsp3) is 0.538. The maximum atomic E-state index is 2.42. The minimum Gasteiger partial charge on any atom is -0.0622 e. The Morgan fingerprint density at radius 1 is 1.23 bits per heavy atom. The second kappa shape index (κ2) is 3.17. The lowest BCUT2D eigenvalue weighted by Crippen LogP contribution is -2.24. The predicted octanol–water partition coefficient (Wildman–Crippen LogP) is 3.76. The normalized spacial score (nSPS) is 33.5. The summed E-state index contributed by atoms with van der Waals surface area (Å²) in [6, 6.07) is 11.0. The van der Waals surface area contributed by atoms with Gasteiger partial charge in [0.25, 0.3) is 0 Å². The van der Waals surface area contributed by atoms with Gasteiger partial charge in [0.05, 0.1) is 0 Å². The van der Waals surface area contributed by atoms with E-state index in [0.29, 0.717) is 5.41 Å². The highest BCUT2D eigenvalue weighted by Crippen LogP contribution is 2.44. The van der Waals surface area contributed by atoms with Crippen molar-refractivity contribution in [2.75, 3.05) is 0 Å². The minimum absolute atomic E-state index is 0.446. The number of benzene rings is 1. The van der Waals surface area contributed by atoms with Crippen LogP contribution in [0.5, 0.6) is 0 Å². The molecule has 1 saturated carbocycles. The first kappa shape index (κ1) is 8.80.